The Bertz CT molecular complexity index is 1650. The molecule has 2 aliphatic rings. The van der Waals surface area contributed by atoms with Gasteiger partial charge >= 0.3 is 0 Å². The summed E-state index contributed by atoms with van der Waals surface area (Å²) in [6.45, 7) is 5.95. The van der Waals surface area contributed by atoms with Crippen LogP contribution in [0.1, 0.15) is 25.7 Å². The van der Waals surface area contributed by atoms with Crippen molar-refractivity contribution in [2.24, 2.45) is 11.8 Å². The molecule has 1 aromatic heterocycles. The first-order chi connectivity index (χ1) is 21.0. The minimum absolute atomic E-state index is 0.311. The summed E-state index contributed by atoms with van der Waals surface area (Å²) in [5, 5.41) is 5.84. The van der Waals surface area contributed by atoms with Crippen molar-refractivity contribution in [3.8, 4) is 5.75 Å². The molecule has 43 heavy (non-hydrogen) atoms. The largest absolute Gasteiger partial charge is 0.490 e. The van der Waals surface area contributed by atoms with E-state index < -0.39 is 10.0 Å². The van der Waals surface area contributed by atoms with Gasteiger partial charge in [0, 0.05) is 43.5 Å². The molecule has 1 aliphatic heterocycles. The first kappa shape index (κ1) is 29.6. The molecular formula is C32H40N6O4S. The van der Waals surface area contributed by atoms with Crippen molar-refractivity contribution in [3.63, 3.8) is 0 Å². The molecule has 1 aliphatic carbocycles. The number of benzene rings is 3. The Morgan fingerprint density at radius 2 is 1.58 bits per heavy atom. The van der Waals surface area contributed by atoms with Gasteiger partial charge in [0.05, 0.1) is 18.1 Å². The second-order valence-electron chi connectivity index (χ2n) is 11.5. The van der Waals surface area contributed by atoms with Gasteiger partial charge in [-0.15, -0.1) is 0 Å². The number of rotatable bonds is 11. The van der Waals surface area contributed by atoms with E-state index in [-0.39, 0.29) is 0 Å². The zero-order chi connectivity index (χ0) is 29.6. The third-order valence-corrected chi connectivity index (χ3v) is 10.1. The minimum Gasteiger partial charge on any atom is -0.490 e. The highest BCUT2D eigenvalue weighted by atomic mass is 32.2. The molecule has 10 nitrogen and oxygen atoms in total. The summed E-state index contributed by atoms with van der Waals surface area (Å²) < 4.78 is 40.7. The third-order valence-electron chi connectivity index (χ3n) is 8.60. The summed E-state index contributed by atoms with van der Waals surface area (Å²) in [7, 11) is -3.59. The van der Waals surface area contributed by atoms with E-state index in [0.717, 1.165) is 81.2 Å². The van der Waals surface area contributed by atoms with Gasteiger partial charge < -0.3 is 20.5 Å². The summed E-state index contributed by atoms with van der Waals surface area (Å²) in [5.41, 5.74) is 7.02. The summed E-state index contributed by atoms with van der Waals surface area (Å²) in [6.07, 6.45) is 3.94. The van der Waals surface area contributed by atoms with Gasteiger partial charge in [0.1, 0.15) is 23.7 Å². The number of hydrogen-bond acceptors (Lipinski definition) is 9. The molecule has 0 bridgehead atoms. The highest BCUT2D eigenvalue weighted by Gasteiger charge is 2.24. The molecule has 2 heterocycles. The maximum atomic E-state index is 13.1. The fourth-order valence-corrected chi connectivity index (χ4v) is 7.41. The lowest BCUT2D eigenvalue weighted by Crippen LogP contribution is -2.38. The number of nitrogen functional groups attached to an aromatic ring is 1. The van der Waals surface area contributed by atoms with Crippen molar-refractivity contribution in [1.82, 2.24) is 19.6 Å². The molecule has 0 atom stereocenters. The van der Waals surface area contributed by atoms with Crippen LogP contribution in [0.3, 0.4) is 0 Å². The van der Waals surface area contributed by atoms with E-state index in [1.807, 2.05) is 48.5 Å². The Morgan fingerprint density at radius 3 is 2.40 bits per heavy atom. The predicted molar refractivity (Wildman–Crippen MR) is 170 cm³/mol. The van der Waals surface area contributed by atoms with E-state index in [1.54, 1.807) is 12.1 Å². The number of hydrogen-bond donors (Lipinski definition) is 3. The Balaban J connectivity index is 1.00. The predicted octanol–water partition coefficient (Wildman–Crippen LogP) is 4.27. The zero-order valence-corrected chi connectivity index (χ0v) is 25.2. The number of sulfonamides is 1. The van der Waals surface area contributed by atoms with Crippen LogP contribution in [0.2, 0.25) is 0 Å². The van der Waals surface area contributed by atoms with Crippen molar-refractivity contribution in [2.45, 2.75) is 30.6 Å². The summed E-state index contributed by atoms with van der Waals surface area (Å²) in [5.74, 6) is 2.39. The van der Waals surface area contributed by atoms with Gasteiger partial charge in [0.25, 0.3) is 0 Å². The maximum absolute atomic E-state index is 13.1. The Labute approximate surface area is 253 Å². The average molecular weight is 605 g/mol. The monoisotopic (exact) mass is 604 g/mol. The summed E-state index contributed by atoms with van der Waals surface area (Å²) in [6, 6.07) is 18.7. The number of ether oxygens (including phenoxy) is 2. The topological polar surface area (TPSA) is 132 Å². The first-order valence-corrected chi connectivity index (χ1v) is 16.6. The standard InChI is InChI=1S/C32H40N6O4S/c33-31-27-8-4-9-28(42-20-17-38-15-18-41-19-16-38)30(27)36-32(37-31)34-21-23-11-13-24(14-12-23)22-35-43(39,40)29-10-3-6-25-5-1-2-7-26(25)29/h1-10,23-24,35H,11-22H2,(H3,33,34,36,37). The highest BCUT2D eigenvalue weighted by molar-refractivity contribution is 7.89. The van der Waals surface area contributed by atoms with Crippen LogP contribution in [0, 0.1) is 11.8 Å². The molecule has 0 spiro atoms. The van der Waals surface area contributed by atoms with E-state index in [2.05, 4.69) is 19.9 Å². The van der Waals surface area contributed by atoms with Crippen LogP contribution in [0.5, 0.6) is 5.75 Å². The molecule has 228 valence electrons. The van der Waals surface area contributed by atoms with Crippen LogP contribution < -0.4 is 20.5 Å². The zero-order valence-electron chi connectivity index (χ0n) is 24.4. The number of aromatic nitrogens is 2. The third kappa shape index (κ3) is 7.18. The molecule has 0 unspecified atom stereocenters. The van der Waals surface area contributed by atoms with Gasteiger partial charge in [-0.1, -0.05) is 42.5 Å². The maximum Gasteiger partial charge on any atom is 0.241 e. The molecule has 11 heteroatoms. The Kier molecular flexibility index (Phi) is 9.22. The lowest BCUT2D eigenvalue weighted by atomic mass is 9.82. The molecule has 3 aromatic carbocycles. The van der Waals surface area contributed by atoms with Crippen molar-refractivity contribution < 1.29 is 17.9 Å². The van der Waals surface area contributed by atoms with E-state index in [0.29, 0.717) is 52.9 Å². The normalized spacial score (nSPS) is 19.9. The first-order valence-electron chi connectivity index (χ1n) is 15.2. The average Bonchev–Trinajstić information content (AvgIpc) is 3.04. The lowest BCUT2D eigenvalue weighted by molar-refractivity contribution is 0.0323. The number of morpholine rings is 1. The van der Waals surface area contributed by atoms with Crippen molar-refractivity contribution in [1.29, 1.82) is 0 Å². The van der Waals surface area contributed by atoms with Crippen molar-refractivity contribution in [2.75, 3.05) is 63.6 Å². The van der Waals surface area contributed by atoms with Crippen molar-refractivity contribution in [3.05, 3.63) is 60.7 Å². The van der Waals surface area contributed by atoms with Crippen LogP contribution >= 0.6 is 0 Å². The van der Waals surface area contributed by atoms with Crippen LogP contribution in [0.25, 0.3) is 21.7 Å². The number of para-hydroxylation sites is 1. The van der Waals surface area contributed by atoms with Crippen LogP contribution in [-0.4, -0.2) is 75.8 Å². The number of fused-ring (bicyclic) bond motifs is 2. The number of nitrogens with one attached hydrogen (secondary N) is 2. The summed E-state index contributed by atoms with van der Waals surface area (Å²) in [4.78, 5) is 11.9. The lowest BCUT2D eigenvalue weighted by Gasteiger charge is -2.28. The Hall–Kier alpha value is -3.51. The molecule has 2 fully saturated rings. The molecule has 1 saturated heterocycles. The minimum atomic E-state index is -3.59. The van der Waals surface area contributed by atoms with E-state index in [9.17, 15) is 8.42 Å². The quantitative estimate of drug-likeness (QED) is 0.230. The molecule has 0 amide bonds. The number of nitrogens with two attached hydrogens (primary N) is 1. The highest BCUT2D eigenvalue weighted by Crippen LogP contribution is 2.31. The molecule has 4 N–H and O–H groups in total. The van der Waals surface area contributed by atoms with Gasteiger partial charge in [-0.3, -0.25) is 4.90 Å². The van der Waals surface area contributed by atoms with Crippen molar-refractivity contribution >= 4 is 43.5 Å². The molecule has 0 radical (unpaired) electrons. The molecule has 4 aromatic rings. The molecular weight excluding hydrogens is 564 g/mol. The van der Waals surface area contributed by atoms with Gasteiger partial charge in [-0.2, -0.15) is 4.98 Å². The Morgan fingerprint density at radius 1 is 0.884 bits per heavy atom. The SMILES string of the molecule is Nc1nc(NCC2CCC(CNS(=O)(=O)c3cccc4ccccc34)CC2)nc2c(OCCN3CCOCC3)cccc12. The van der Waals surface area contributed by atoms with Crippen LogP contribution in [0.4, 0.5) is 11.8 Å². The fraction of sp³-hybridized carbons (Fsp3) is 0.438. The van der Waals surface area contributed by atoms with E-state index in [1.165, 1.54) is 0 Å². The fourth-order valence-electron chi connectivity index (χ4n) is 6.07. The second kappa shape index (κ2) is 13.4. The number of anilines is 2. The van der Waals surface area contributed by atoms with E-state index in [4.69, 9.17) is 20.2 Å². The smallest absolute Gasteiger partial charge is 0.241 e. The van der Waals surface area contributed by atoms with Gasteiger partial charge in [-0.05, 0) is 61.1 Å². The number of nitrogens with zero attached hydrogens (tertiary/aromatic N) is 3. The van der Waals surface area contributed by atoms with Gasteiger partial charge in [-0.25, -0.2) is 18.1 Å². The molecule has 6 rings (SSSR count). The molecule has 1 saturated carbocycles. The van der Waals surface area contributed by atoms with Crippen LogP contribution in [0.15, 0.2) is 65.6 Å². The van der Waals surface area contributed by atoms with E-state index >= 15 is 0 Å². The summed E-state index contributed by atoms with van der Waals surface area (Å²) >= 11 is 0. The van der Waals surface area contributed by atoms with Crippen LogP contribution in [-0.2, 0) is 14.8 Å². The van der Waals surface area contributed by atoms with Gasteiger partial charge in [0.15, 0.2) is 0 Å². The second-order valence-corrected chi connectivity index (χ2v) is 13.2. The van der Waals surface area contributed by atoms with Gasteiger partial charge in [0.2, 0.25) is 16.0 Å².